The highest BCUT2D eigenvalue weighted by molar-refractivity contribution is 5.80. The summed E-state index contributed by atoms with van der Waals surface area (Å²) >= 11 is 0. The van der Waals surface area contributed by atoms with Crippen LogP contribution in [-0.4, -0.2) is 99.6 Å². The van der Waals surface area contributed by atoms with Crippen molar-refractivity contribution in [3.05, 3.63) is 85.1 Å². The molecule has 0 aromatic rings. The highest BCUT2D eigenvalue weighted by Crippen LogP contribution is 2.26. The van der Waals surface area contributed by atoms with Gasteiger partial charge < -0.3 is 45.1 Å². The molecule has 11 heteroatoms. The van der Waals surface area contributed by atoms with Crippen molar-refractivity contribution < 1.29 is 49.3 Å². The van der Waals surface area contributed by atoms with Crippen LogP contribution in [0.5, 0.6) is 0 Å². The number of aliphatic hydroxyl groups excluding tert-OH is 5. The molecule has 1 amide bonds. The molecule has 1 heterocycles. The number of carbonyl (C=O) groups is 2. The highest BCUT2D eigenvalue weighted by Gasteiger charge is 2.47. The number of hydrogen-bond donors (Lipinski definition) is 6. The predicted octanol–water partition coefficient (Wildman–Crippen LogP) is 15.7. The molecule has 456 valence electrons. The number of ether oxygens (including phenoxy) is 3. The van der Waals surface area contributed by atoms with E-state index < -0.39 is 67.4 Å². The van der Waals surface area contributed by atoms with Gasteiger partial charge in [0.2, 0.25) is 5.91 Å². The summed E-state index contributed by atoms with van der Waals surface area (Å²) in [5.41, 5.74) is 0. The molecule has 6 N–H and O–H groups in total. The maximum atomic E-state index is 13.4. The summed E-state index contributed by atoms with van der Waals surface area (Å²) in [5, 5.41) is 57.0. The maximum Gasteiger partial charge on any atom is 0.306 e. The Balaban J connectivity index is 2.65. The molecule has 1 saturated heterocycles. The van der Waals surface area contributed by atoms with E-state index in [1.54, 1.807) is 6.08 Å². The Morgan fingerprint density at radius 1 is 0.506 bits per heavy atom. The van der Waals surface area contributed by atoms with Crippen LogP contribution in [0.1, 0.15) is 271 Å². The lowest BCUT2D eigenvalue weighted by Gasteiger charge is -2.41. The van der Waals surface area contributed by atoms with Gasteiger partial charge in [0.05, 0.1) is 25.4 Å². The predicted molar refractivity (Wildman–Crippen MR) is 329 cm³/mol. The van der Waals surface area contributed by atoms with Gasteiger partial charge in [-0.25, -0.2) is 0 Å². The molecule has 1 aliphatic rings. The Kier molecular flexibility index (Phi) is 51.8. The molecule has 0 aromatic carbocycles. The summed E-state index contributed by atoms with van der Waals surface area (Å²) < 4.78 is 17.6. The van der Waals surface area contributed by atoms with E-state index in [1.807, 2.05) is 6.08 Å². The van der Waals surface area contributed by atoms with Crippen LogP contribution in [0.15, 0.2) is 85.1 Å². The van der Waals surface area contributed by atoms with Crippen LogP contribution in [0, 0.1) is 0 Å². The van der Waals surface area contributed by atoms with Crippen molar-refractivity contribution in [3.63, 3.8) is 0 Å². The highest BCUT2D eigenvalue weighted by atomic mass is 16.7. The third-order valence-corrected chi connectivity index (χ3v) is 14.8. The zero-order valence-electron chi connectivity index (χ0n) is 50.5. The van der Waals surface area contributed by atoms with Gasteiger partial charge in [0.25, 0.3) is 0 Å². The van der Waals surface area contributed by atoms with E-state index in [4.69, 9.17) is 14.2 Å². The fourth-order valence-corrected chi connectivity index (χ4v) is 9.67. The largest absolute Gasteiger partial charge is 0.454 e. The molecule has 1 rings (SSSR count). The molecule has 0 aromatic heterocycles. The molecule has 0 saturated carbocycles. The second-order valence-corrected chi connectivity index (χ2v) is 22.1. The quantitative estimate of drug-likeness (QED) is 0.0195. The van der Waals surface area contributed by atoms with Crippen LogP contribution in [-0.2, 0) is 23.8 Å². The van der Waals surface area contributed by atoms with Gasteiger partial charge in [-0.3, -0.25) is 9.59 Å². The minimum Gasteiger partial charge on any atom is -0.454 e. The van der Waals surface area contributed by atoms with Crippen LogP contribution in [0.2, 0.25) is 0 Å². The fraction of sp³-hybridized carbons (Fsp3) is 0.765. The molecule has 1 fully saturated rings. The smallest absolute Gasteiger partial charge is 0.306 e. The Hall–Kier alpha value is -3.16. The number of allylic oxidation sites excluding steroid dienone is 13. The van der Waals surface area contributed by atoms with E-state index >= 15 is 0 Å². The summed E-state index contributed by atoms with van der Waals surface area (Å²) in [6, 6.07) is -1.03. The molecule has 1 aliphatic heterocycles. The molecule has 0 bridgehead atoms. The first-order valence-electron chi connectivity index (χ1n) is 32.4. The molecule has 8 atom stereocenters. The van der Waals surface area contributed by atoms with Gasteiger partial charge in [-0.05, 0) is 96.3 Å². The number of nitrogens with one attached hydrogen (secondary N) is 1. The first kappa shape index (κ1) is 73.9. The normalized spacial score (nSPS) is 19.4. The van der Waals surface area contributed by atoms with Gasteiger partial charge in [-0.2, -0.15) is 0 Å². The van der Waals surface area contributed by atoms with E-state index in [9.17, 15) is 35.1 Å². The second kappa shape index (κ2) is 55.4. The number of unbranched alkanes of at least 4 members (excludes halogenated alkanes) is 28. The number of carbonyl (C=O) groups excluding carboxylic acids is 2. The van der Waals surface area contributed by atoms with Crippen molar-refractivity contribution >= 4 is 11.9 Å². The molecule has 0 spiro atoms. The minimum absolute atomic E-state index is 0.107. The zero-order chi connectivity index (χ0) is 57.5. The van der Waals surface area contributed by atoms with Crippen LogP contribution in [0.4, 0.5) is 0 Å². The lowest BCUT2D eigenvalue weighted by atomic mass is 9.99. The molecule has 79 heavy (non-hydrogen) atoms. The van der Waals surface area contributed by atoms with Gasteiger partial charge in [-0.1, -0.05) is 254 Å². The summed E-state index contributed by atoms with van der Waals surface area (Å²) in [5.74, 6) is -1.21. The average molecular weight is 1110 g/mol. The monoisotopic (exact) mass is 1110 g/mol. The van der Waals surface area contributed by atoms with E-state index in [0.29, 0.717) is 12.8 Å². The van der Waals surface area contributed by atoms with Crippen molar-refractivity contribution in [2.45, 2.75) is 320 Å². The van der Waals surface area contributed by atoms with E-state index in [0.717, 1.165) is 128 Å². The van der Waals surface area contributed by atoms with Crippen LogP contribution >= 0.6 is 0 Å². The number of aliphatic hydroxyl groups is 5. The second-order valence-electron chi connectivity index (χ2n) is 22.1. The Morgan fingerprint density at radius 3 is 1.39 bits per heavy atom. The van der Waals surface area contributed by atoms with Gasteiger partial charge in [0, 0.05) is 6.42 Å². The number of amides is 1. The molecular formula is C68H119NO10. The van der Waals surface area contributed by atoms with Gasteiger partial charge >= 0.3 is 5.97 Å². The van der Waals surface area contributed by atoms with E-state index in [1.165, 1.54) is 96.3 Å². The summed E-state index contributed by atoms with van der Waals surface area (Å²) in [6.45, 7) is 5.66. The fourth-order valence-electron chi connectivity index (χ4n) is 9.67. The number of hydrogen-bond acceptors (Lipinski definition) is 10. The number of esters is 1. The first-order valence-corrected chi connectivity index (χ1v) is 32.4. The SMILES string of the molecule is CC/C=C\C/C=C\C/C=C\C/C=C\C/C=C\CCCCCCCCCC(=O)OC1C(OCC(NC(=O)C(O)CCCCCCCC/C=C\CCCCCC)C(O)/C=C/CCCCCCCCCCCCC)OC(CO)C(O)C1O. The third-order valence-electron chi connectivity index (χ3n) is 14.8. The third kappa shape index (κ3) is 43.2. The first-order chi connectivity index (χ1) is 38.7. The average Bonchev–Trinajstić information content (AvgIpc) is 3.50. The van der Waals surface area contributed by atoms with Crippen molar-refractivity contribution in [1.82, 2.24) is 5.32 Å². The van der Waals surface area contributed by atoms with Crippen molar-refractivity contribution in [2.75, 3.05) is 13.2 Å². The summed E-state index contributed by atoms with van der Waals surface area (Å²) in [7, 11) is 0. The molecule has 0 radical (unpaired) electrons. The van der Waals surface area contributed by atoms with Crippen LogP contribution in [0.25, 0.3) is 0 Å². The Labute approximate surface area is 483 Å². The molecular weight excluding hydrogens is 991 g/mol. The van der Waals surface area contributed by atoms with Crippen molar-refractivity contribution in [3.8, 4) is 0 Å². The van der Waals surface area contributed by atoms with Gasteiger partial charge in [0.15, 0.2) is 12.4 Å². The zero-order valence-corrected chi connectivity index (χ0v) is 50.5. The topological polar surface area (TPSA) is 175 Å². The Bertz CT molecular complexity index is 1610. The van der Waals surface area contributed by atoms with Crippen LogP contribution in [0.3, 0.4) is 0 Å². The van der Waals surface area contributed by atoms with E-state index in [-0.39, 0.29) is 19.4 Å². The maximum absolute atomic E-state index is 13.4. The molecule has 8 unspecified atom stereocenters. The van der Waals surface area contributed by atoms with Crippen molar-refractivity contribution in [1.29, 1.82) is 0 Å². The lowest BCUT2D eigenvalue weighted by molar-refractivity contribution is -0.305. The van der Waals surface area contributed by atoms with Crippen LogP contribution < -0.4 is 5.32 Å². The molecule has 0 aliphatic carbocycles. The minimum atomic E-state index is -1.62. The van der Waals surface area contributed by atoms with Gasteiger partial charge in [-0.15, -0.1) is 0 Å². The van der Waals surface area contributed by atoms with Gasteiger partial charge in [0.1, 0.15) is 24.4 Å². The lowest BCUT2D eigenvalue weighted by Crippen LogP contribution is -2.61. The molecule has 11 nitrogen and oxygen atoms in total. The standard InChI is InChI=1S/C68H119NO10/c1-4-7-10-13-16-19-22-25-27-28-29-30-31-32-33-34-35-38-41-44-47-50-53-56-63(73)79-66-65(75)64(74)62(57-70)78-68(66)77-58-59(60(71)54-51-48-45-42-39-36-24-21-18-15-12-9-6-3)69-67(76)61(72)55-52-49-46-43-40-37-26-23-20-17-14-11-8-5-2/h7,10,16,19-20,23,25,27,29-30,32-33,51,54,59-62,64-66,68,70-72,74-75H,4-6,8-9,11-15,17-18,21-22,24,26,28,31,34-50,52-53,55-58H2,1-3H3,(H,69,76)/b10-7-,19-16-,23-20-,27-25-,30-29-,33-32-,54-51+. The summed E-state index contributed by atoms with van der Waals surface area (Å²) in [4.78, 5) is 26.6. The van der Waals surface area contributed by atoms with E-state index in [2.05, 4.69) is 99.0 Å². The number of rotatable bonds is 54. The summed E-state index contributed by atoms with van der Waals surface area (Å²) in [6.07, 6.45) is 61.8. The van der Waals surface area contributed by atoms with Crippen molar-refractivity contribution in [2.24, 2.45) is 0 Å². The Morgan fingerprint density at radius 2 is 0.911 bits per heavy atom.